The summed E-state index contributed by atoms with van der Waals surface area (Å²) in [7, 11) is 0. The molecule has 1 aromatic rings. The van der Waals surface area contributed by atoms with Crippen LogP contribution in [0.3, 0.4) is 0 Å². The topological polar surface area (TPSA) is 75.8 Å². The van der Waals surface area contributed by atoms with Crippen LogP contribution >= 0.6 is 11.3 Å². The number of rotatable bonds is 6. The number of hydrogen-bond acceptors (Lipinski definition) is 5. The molecule has 1 aliphatic rings. The fraction of sp³-hybridized carbons (Fsp3) is 0.714. The molecule has 21 heavy (non-hydrogen) atoms. The maximum atomic E-state index is 5.87. The Morgan fingerprint density at radius 1 is 1.43 bits per heavy atom. The van der Waals surface area contributed by atoms with E-state index in [0.29, 0.717) is 12.5 Å². The number of nitrogens with two attached hydrogens (primary N) is 1. The van der Waals surface area contributed by atoms with Gasteiger partial charge in [0.05, 0.1) is 25.5 Å². The average Bonchev–Trinajstić information content (AvgIpc) is 2.81. The van der Waals surface area contributed by atoms with Gasteiger partial charge in [-0.15, -0.1) is 11.3 Å². The molecule has 1 fully saturated rings. The van der Waals surface area contributed by atoms with E-state index in [2.05, 4.69) is 27.1 Å². The second-order valence-corrected chi connectivity index (χ2v) is 6.47. The van der Waals surface area contributed by atoms with Crippen LogP contribution in [0, 0.1) is 13.8 Å². The number of nitrogens with zero attached hydrogens (tertiary/aromatic N) is 3. The van der Waals surface area contributed by atoms with Crippen molar-refractivity contribution >= 4 is 17.3 Å². The number of ether oxygens (including phenoxy) is 1. The van der Waals surface area contributed by atoms with Crippen molar-refractivity contribution in [2.45, 2.75) is 26.8 Å². The first kappa shape index (κ1) is 16.2. The van der Waals surface area contributed by atoms with Gasteiger partial charge in [0.25, 0.3) is 0 Å². The molecule has 0 saturated carbocycles. The van der Waals surface area contributed by atoms with Crippen LogP contribution in [0.4, 0.5) is 0 Å². The zero-order valence-corrected chi connectivity index (χ0v) is 13.7. The van der Waals surface area contributed by atoms with Gasteiger partial charge in [-0.1, -0.05) is 0 Å². The molecule has 0 aliphatic carbocycles. The van der Waals surface area contributed by atoms with E-state index in [1.807, 2.05) is 6.92 Å². The molecule has 2 rings (SSSR count). The Bertz CT molecular complexity index is 448. The van der Waals surface area contributed by atoms with Gasteiger partial charge >= 0.3 is 0 Å². The Hall–Kier alpha value is -1.18. The lowest BCUT2D eigenvalue weighted by Gasteiger charge is -2.26. The molecule has 3 N–H and O–H groups in total. The summed E-state index contributed by atoms with van der Waals surface area (Å²) in [4.78, 5) is 12.4. The zero-order chi connectivity index (χ0) is 15.1. The van der Waals surface area contributed by atoms with Crippen LogP contribution in [-0.4, -0.2) is 55.2 Å². The van der Waals surface area contributed by atoms with Crippen LogP contribution in [-0.2, 0) is 11.3 Å². The molecule has 0 amide bonds. The van der Waals surface area contributed by atoms with E-state index in [9.17, 15) is 0 Å². The SMILES string of the molecule is Cc1nc(CN=C(N)NCCCN2CCOCC2)sc1C. The van der Waals surface area contributed by atoms with Gasteiger partial charge in [-0.05, 0) is 26.8 Å². The van der Waals surface area contributed by atoms with Gasteiger partial charge in [0, 0.05) is 24.5 Å². The summed E-state index contributed by atoms with van der Waals surface area (Å²) in [6, 6.07) is 0. The lowest BCUT2D eigenvalue weighted by molar-refractivity contribution is 0.0376. The van der Waals surface area contributed by atoms with Crippen LogP contribution < -0.4 is 11.1 Å². The molecule has 2 heterocycles. The Balaban J connectivity index is 1.62. The highest BCUT2D eigenvalue weighted by Crippen LogP contribution is 2.16. The number of thiazole rings is 1. The number of aliphatic imine (C=N–C) groups is 1. The van der Waals surface area contributed by atoms with Crippen molar-refractivity contribution in [1.82, 2.24) is 15.2 Å². The first-order chi connectivity index (χ1) is 10.1. The van der Waals surface area contributed by atoms with Crippen molar-refractivity contribution in [3.05, 3.63) is 15.6 Å². The van der Waals surface area contributed by atoms with Crippen molar-refractivity contribution in [2.24, 2.45) is 10.7 Å². The van der Waals surface area contributed by atoms with E-state index in [1.165, 1.54) is 4.88 Å². The summed E-state index contributed by atoms with van der Waals surface area (Å²) >= 11 is 1.68. The molecular formula is C14H25N5OS. The van der Waals surface area contributed by atoms with Crippen molar-refractivity contribution in [3.8, 4) is 0 Å². The monoisotopic (exact) mass is 311 g/mol. The molecule has 0 spiro atoms. The minimum Gasteiger partial charge on any atom is -0.379 e. The lowest BCUT2D eigenvalue weighted by Crippen LogP contribution is -2.39. The number of aromatic nitrogens is 1. The lowest BCUT2D eigenvalue weighted by atomic mass is 10.3. The molecule has 0 radical (unpaired) electrons. The molecule has 6 nitrogen and oxygen atoms in total. The molecule has 0 bridgehead atoms. The van der Waals surface area contributed by atoms with Gasteiger partial charge in [0.2, 0.25) is 0 Å². The highest BCUT2D eigenvalue weighted by atomic mass is 32.1. The summed E-state index contributed by atoms with van der Waals surface area (Å²) in [6.07, 6.45) is 1.06. The van der Waals surface area contributed by atoms with E-state index in [-0.39, 0.29) is 0 Å². The third kappa shape index (κ3) is 5.61. The molecule has 1 saturated heterocycles. The Morgan fingerprint density at radius 3 is 2.86 bits per heavy atom. The molecule has 1 aromatic heterocycles. The summed E-state index contributed by atoms with van der Waals surface area (Å²) < 4.78 is 5.33. The van der Waals surface area contributed by atoms with E-state index in [0.717, 1.165) is 56.5 Å². The molecule has 0 atom stereocenters. The van der Waals surface area contributed by atoms with Gasteiger partial charge in [-0.3, -0.25) is 4.90 Å². The van der Waals surface area contributed by atoms with Crippen molar-refractivity contribution in [3.63, 3.8) is 0 Å². The Kier molecular flexibility index (Phi) is 6.41. The van der Waals surface area contributed by atoms with Crippen molar-refractivity contribution in [2.75, 3.05) is 39.4 Å². The second kappa shape index (κ2) is 8.31. The van der Waals surface area contributed by atoms with Crippen LogP contribution in [0.5, 0.6) is 0 Å². The van der Waals surface area contributed by atoms with Crippen molar-refractivity contribution in [1.29, 1.82) is 0 Å². The number of morpholine rings is 1. The highest BCUT2D eigenvalue weighted by Gasteiger charge is 2.09. The van der Waals surface area contributed by atoms with Gasteiger partial charge < -0.3 is 15.8 Å². The number of aryl methyl sites for hydroxylation is 2. The fourth-order valence-electron chi connectivity index (χ4n) is 2.16. The van der Waals surface area contributed by atoms with Crippen LogP contribution in [0.25, 0.3) is 0 Å². The molecule has 118 valence electrons. The largest absolute Gasteiger partial charge is 0.379 e. The van der Waals surface area contributed by atoms with Gasteiger partial charge in [-0.25, -0.2) is 9.98 Å². The van der Waals surface area contributed by atoms with Crippen molar-refractivity contribution < 1.29 is 4.74 Å². The summed E-state index contributed by atoms with van der Waals surface area (Å²) in [5.41, 5.74) is 6.95. The number of nitrogens with one attached hydrogen (secondary N) is 1. The zero-order valence-electron chi connectivity index (χ0n) is 12.9. The number of hydrogen-bond donors (Lipinski definition) is 2. The fourth-order valence-corrected chi connectivity index (χ4v) is 3.02. The maximum absolute atomic E-state index is 5.87. The third-order valence-corrected chi connectivity index (χ3v) is 4.58. The smallest absolute Gasteiger partial charge is 0.189 e. The highest BCUT2D eigenvalue weighted by molar-refractivity contribution is 7.11. The first-order valence-electron chi connectivity index (χ1n) is 7.42. The van der Waals surface area contributed by atoms with E-state index >= 15 is 0 Å². The predicted molar refractivity (Wildman–Crippen MR) is 86.8 cm³/mol. The number of guanidine groups is 1. The van der Waals surface area contributed by atoms with Gasteiger partial charge in [-0.2, -0.15) is 0 Å². The summed E-state index contributed by atoms with van der Waals surface area (Å²) in [5.74, 6) is 0.502. The molecule has 0 aromatic carbocycles. The normalized spacial score (nSPS) is 17.1. The van der Waals surface area contributed by atoms with Gasteiger partial charge in [0.1, 0.15) is 5.01 Å². The minimum absolute atomic E-state index is 0.502. The third-order valence-electron chi connectivity index (χ3n) is 3.52. The van der Waals surface area contributed by atoms with E-state index < -0.39 is 0 Å². The molecule has 7 heteroatoms. The second-order valence-electron chi connectivity index (χ2n) is 5.19. The van der Waals surface area contributed by atoms with E-state index in [1.54, 1.807) is 11.3 Å². The Labute approximate surface area is 130 Å². The molecular weight excluding hydrogens is 286 g/mol. The van der Waals surface area contributed by atoms with Gasteiger partial charge in [0.15, 0.2) is 5.96 Å². The quantitative estimate of drug-likeness (QED) is 0.463. The summed E-state index contributed by atoms with van der Waals surface area (Å²) in [5, 5.41) is 4.18. The predicted octanol–water partition coefficient (Wildman–Crippen LogP) is 0.887. The van der Waals surface area contributed by atoms with Crippen LogP contribution in [0.2, 0.25) is 0 Å². The minimum atomic E-state index is 0.502. The van der Waals surface area contributed by atoms with Crippen LogP contribution in [0.15, 0.2) is 4.99 Å². The molecule has 1 aliphatic heterocycles. The average molecular weight is 311 g/mol. The Morgan fingerprint density at radius 2 is 2.19 bits per heavy atom. The maximum Gasteiger partial charge on any atom is 0.189 e. The van der Waals surface area contributed by atoms with E-state index in [4.69, 9.17) is 10.5 Å². The molecule has 0 unspecified atom stereocenters. The van der Waals surface area contributed by atoms with Crippen LogP contribution in [0.1, 0.15) is 22.0 Å². The standard InChI is InChI=1S/C14H25N5OS/c1-11-12(2)21-13(18-11)10-17-14(15)16-4-3-5-19-6-8-20-9-7-19/h3-10H2,1-2H3,(H3,15,16,17). The summed E-state index contributed by atoms with van der Waals surface area (Å²) in [6.45, 7) is 10.4. The first-order valence-corrected chi connectivity index (χ1v) is 8.23.